The third-order valence-electron chi connectivity index (χ3n) is 4.53. The van der Waals surface area contributed by atoms with Crippen LogP contribution in [0.4, 0.5) is 0 Å². The van der Waals surface area contributed by atoms with Crippen molar-refractivity contribution >= 4 is 45.1 Å². The van der Waals surface area contributed by atoms with Gasteiger partial charge in [-0.15, -0.1) is 23.2 Å². The van der Waals surface area contributed by atoms with E-state index < -0.39 is 14.1 Å². The van der Waals surface area contributed by atoms with E-state index in [1.807, 2.05) is 27.7 Å². The van der Waals surface area contributed by atoms with Gasteiger partial charge in [0.15, 0.2) is 0 Å². The summed E-state index contributed by atoms with van der Waals surface area (Å²) in [7, 11) is 0. The van der Waals surface area contributed by atoms with Crippen LogP contribution in [0.3, 0.4) is 0 Å². The third-order valence-corrected chi connectivity index (χ3v) is 5.29. The summed E-state index contributed by atoms with van der Waals surface area (Å²) in [5.74, 6) is -0.258. The van der Waals surface area contributed by atoms with E-state index in [0.29, 0.717) is 13.0 Å². The second kappa shape index (κ2) is 8.01. The van der Waals surface area contributed by atoms with Gasteiger partial charge in [0.2, 0.25) is 0 Å². The summed E-state index contributed by atoms with van der Waals surface area (Å²) >= 11 is 16.5. The molecule has 0 saturated carbocycles. The van der Waals surface area contributed by atoms with Crippen molar-refractivity contribution < 1.29 is 9.53 Å². The molecule has 0 aliphatic heterocycles. The summed E-state index contributed by atoms with van der Waals surface area (Å²) in [6.07, 6.45) is 0.705. The Kier molecular flexibility index (Phi) is 7.33. The largest absolute Gasteiger partial charge is 0.465 e. The zero-order valence-electron chi connectivity index (χ0n) is 17.1. The predicted molar refractivity (Wildman–Crippen MR) is 116 cm³/mol. The van der Waals surface area contributed by atoms with Crippen molar-refractivity contribution in [2.75, 3.05) is 6.61 Å². The maximum Gasteiger partial charge on any atom is 0.322 e. The molecule has 0 amide bonds. The minimum atomic E-state index is -0.671. The molecule has 0 unspecified atom stereocenters. The lowest BCUT2D eigenvalue weighted by Gasteiger charge is -2.30. The number of ether oxygens (including phenoxy) is 1. The Morgan fingerprint density at radius 2 is 1.27 bits per heavy atom. The Labute approximate surface area is 177 Å². The van der Waals surface area contributed by atoms with Crippen molar-refractivity contribution in [1.82, 2.24) is 0 Å². The number of halogens is 3. The van der Waals surface area contributed by atoms with Crippen molar-refractivity contribution in [3.05, 3.63) is 34.9 Å². The van der Waals surface area contributed by atoms with Crippen LogP contribution < -0.4 is 0 Å². The molecule has 1 rings (SSSR count). The molecule has 0 fully saturated rings. The van der Waals surface area contributed by atoms with E-state index in [9.17, 15) is 4.79 Å². The molecule has 0 aliphatic rings. The highest BCUT2D eigenvalue weighted by Crippen LogP contribution is 2.38. The minimum Gasteiger partial charge on any atom is -0.465 e. The molecule has 1 aromatic carbocycles. The van der Waals surface area contributed by atoms with Crippen LogP contribution in [-0.2, 0) is 24.7 Å². The molecule has 148 valence electrons. The molecule has 0 aromatic heterocycles. The first-order chi connectivity index (χ1) is 11.4. The number of benzene rings is 1. The summed E-state index contributed by atoms with van der Waals surface area (Å²) in [4.78, 5) is 11.0. The molecule has 5 heteroatoms. The van der Waals surface area contributed by atoms with Crippen molar-refractivity contribution in [2.45, 2.75) is 81.3 Å². The topological polar surface area (TPSA) is 26.3 Å². The smallest absolute Gasteiger partial charge is 0.322 e. The quantitative estimate of drug-likeness (QED) is 0.319. The van der Waals surface area contributed by atoms with Gasteiger partial charge in [0.05, 0.1) is 16.4 Å². The predicted octanol–water partition coefficient (Wildman–Crippen LogP) is 7.02. The van der Waals surface area contributed by atoms with Crippen LogP contribution >= 0.6 is 39.1 Å². The lowest BCUT2D eigenvalue weighted by atomic mass is 9.78. The Hall–Kier alpha value is -0.250. The molecular weight excluding hydrogens is 435 g/mol. The highest BCUT2D eigenvalue weighted by molar-refractivity contribution is 9.10. The fourth-order valence-corrected chi connectivity index (χ4v) is 2.75. The van der Waals surface area contributed by atoms with Crippen LogP contribution in [0.25, 0.3) is 0 Å². The van der Waals surface area contributed by atoms with E-state index in [2.05, 4.69) is 48.0 Å². The normalized spacial score (nSPS) is 13.7. The second-order valence-electron chi connectivity index (χ2n) is 8.99. The van der Waals surface area contributed by atoms with E-state index >= 15 is 0 Å². The van der Waals surface area contributed by atoms with Gasteiger partial charge >= 0.3 is 5.97 Å². The summed E-state index contributed by atoms with van der Waals surface area (Å²) in [6.45, 7) is 16.1. The number of esters is 1. The van der Waals surface area contributed by atoms with Gasteiger partial charge in [-0.2, -0.15) is 0 Å². The molecule has 0 bridgehead atoms. The summed E-state index contributed by atoms with van der Waals surface area (Å²) in [5.41, 5.74) is 3.02. The third kappa shape index (κ3) is 6.73. The lowest BCUT2D eigenvalue weighted by molar-refractivity contribution is -0.145. The maximum atomic E-state index is 12.0. The van der Waals surface area contributed by atoms with Gasteiger partial charge in [0, 0.05) is 0 Å². The molecule has 1 aromatic rings. The van der Waals surface area contributed by atoms with Gasteiger partial charge in [-0.3, -0.25) is 4.79 Å². The van der Waals surface area contributed by atoms with Gasteiger partial charge in [0.1, 0.15) is 4.32 Å². The van der Waals surface area contributed by atoms with Crippen molar-refractivity contribution in [1.29, 1.82) is 0 Å². The zero-order valence-corrected chi connectivity index (χ0v) is 20.2. The van der Waals surface area contributed by atoms with Crippen molar-refractivity contribution in [3.8, 4) is 0 Å². The number of rotatable bonds is 7. The average Bonchev–Trinajstić information content (AvgIpc) is 2.43. The number of hydrogen-bond donors (Lipinski definition) is 0. The number of hydrogen-bond acceptors (Lipinski definition) is 2. The highest BCUT2D eigenvalue weighted by atomic mass is 79.9. The van der Waals surface area contributed by atoms with Crippen LogP contribution in [-0.4, -0.2) is 16.9 Å². The molecule has 0 atom stereocenters. The van der Waals surface area contributed by atoms with Gasteiger partial charge in [-0.05, 0) is 70.1 Å². The monoisotopic (exact) mass is 464 g/mol. The molecule has 0 spiro atoms. The number of alkyl halides is 3. The van der Waals surface area contributed by atoms with Crippen LogP contribution in [0.2, 0.25) is 0 Å². The number of carbonyl (C=O) groups is 1. The first kappa shape index (κ1) is 23.8. The molecular formula is C21H31BrCl2O2. The maximum absolute atomic E-state index is 12.0. The van der Waals surface area contributed by atoms with E-state index in [-0.39, 0.29) is 11.4 Å². The van der Waals surface area contributed by atoms with Gasteiger partial charge < -0.3 is 4.74 Å². The fraction of sp³-hybridized carbons (Fsp3) is 0.667. The lowest BCUT2D eigenvalue weighted by Crippen LogP contribution is -2.29. The second-order valence-corrected chi connectivity index (χ2v) is 12.9. The molecule has 0 aliphatic carbocycles. The van der Waals surface area contributed by atoms with Gasteiger partial charge in [-0.1, -0.05) is 48.0 Å². The Morgan fingerprint density at radius 1 is 0.885 bits per heavy atom. The Morgan fingerprint density at radius 3 is 1.62 bits per heavy atom. The van der Waals surface area contributed by atoms with E-state index in [1.165, 1.54) is 0 Å². The van der Waals surface area contributed by atoms with Crippen molar-refractivity contribution in [2.24, 2.45) is 0 Å². The van der Waals surface area contributed by atoms with Crippen LogP contribution in [0, 0.1) is 0 Å². The van der Waals surface area contributed by atoms with Crippen molar-refractivity contribution in [3.63, 3.8) is 0 Å². The fourth-order valence-electron chi connectivity index (χ4n) is 2.42. The Bertz CT molecular complexity index is 615. The van der Waals surface area contributed by atoms with Gasteiger partial charge in [0.25, 0.3) is 0 Å². The molecule has 0 saturated heterocycles. The highest BCUT2D eigenvalue weighted by Gasteiger charge is 2.30. The minimum absolute atomic E-state index is 0.189. The molecule has 26 heavy (non-hydrogen) atoms. The van der Waals surface area contributed by atoms with E-state index in [0.717, 1.165) is 16.7 Å². The zero-order chi connectivity index (χ0) is 20.6. The van der Waals surface area contributed by atoms with Crippen LogP contribution in [0.15, 0.2) is 18.2 Å². The molecule has 0 N–H and O–H groups in total. The summed E-state index contributed by atoms with van der Waals surface area (Å²) in [5, 5.41) is 0. The van der Waals surface area contributed by atoms with E-state index in [1.54, 1.807) is 13.8 Å². The SMILES string of the molecule is CC(C)(Br)C(=O)OCCC(C)(C)c1cc(C(C)(C)Cl)cc(C(C)(C)Cl)c1. The Balaban J connectivity index is 3.13. The number of carbonyl (C=O) groups excluding carboxylic acids is 1. The van der Waals surface area contributed by atoms with Crippen LogP contribution in [0.5, 0.6) is 0 Å². The van der Waals surface area contributed by atoms with E-state index in [4.69, 9.17) is 27.9 Å². The standard InChI is InChI=1S/C21H31BrCl2O2/c1-18(2,9-10-26-17(25)19(3,4)22)14-11-15(20(5,6)23)13-16(12-14)21(7,8)24/h11-13H,9-10H2,1-8H3. The first-order valence-corrected chi connectivity index (χ1v) is 10.4. The summed E-state index contributed by atoms with van der Waals surface area (Å²) in [6, 6.07) is 6.34. The van der Waals surface area contributed by atoms with Crippen LogP contribution in [0.1, 0.15) is 78.5 Å². The first-order valence-electron chi connectivity index (χ1n) is 8.85. The molecule has 0 heterocycles. The molecule has 0 radical (unpaired) electrons. The average molecular weight is 466 g/mol. The van der Waals surface area contributed by atoms with Gasteiger partial charge in [-0.25, -0.2) is 0 Å². The molecule has 2 nitrogen and oxygen atoms in total. The summed E-state index contributed by atoms with van der Waals surface area (Å²) < 4.78 is 4.75.